The summed E-state index contributed by atoms with van der Waals surface area (Å²) in [7, 11) is 0. The van der Waals surface area contributed by atoms with Gasteiger partial charge in [0.1, 0.15) is 4.88 Å². The largest absolute Gasteiger partial charge is 0.337 e. The highest BCUT2D eigenvalue weighted by molar-refractivity contribution is 7.14. The van der Waals surface area contributed by atoms with Gasteiger partial charge in [0.15, 0.2) is 0 Å². The number of hydrogen-bond donors (Lipinski definition) is 0. The van der Waals surface area contributed by atoms with Gasteiger partial charge in [0.2, 0.25) is 0 Å². The van der Waals surface area contributed by atoms with Crippen molar-refractivity contribution in [3.05, 3.63) is 51.0 Å². The van der Waals surface area contributed by atoms with Crippen LogP contribution in [-0.2, 0) is 5.41 Å². The third kappa shape index (κ3) is 4.43. The number of thiazole rings is 1. The van der Waals surface area contributed by atoms with Gasteiger partial charge in [0.05, 0.1) is 10.7 Å². The molecule has 3 rings (SSSR count). The van der Waals surface area contributed by atoms with Crippen molar-refractivity contribution in [1.29, 1.82) is 0 Å². The van der Waals surface area contributed by atoms with E-state index in [1.54, 1.807) is 0 Å². The number of carbonyl (C=O) groups is 2. The van der Waals surface area contributed by atoms with Crippen molar-refractivity contribution in [2.75, 3.05) is 26.2 Å². The topological polar surface area (TPSA) is 53.5 Å². The van der Waals surface area contributed by atoms with E-state index in [0.29, 0.717) is 31.7 Å². The molecule has 0 radical (unpaired) electrons. The van der Waals surface area contributed by atoms with Crippen LogP contribution < -0.4 is 0 Å². The number of aryl methyl sites for hydroxylation is 2. The number of carbonyl (C=O) groups excluding carboxylic acids is 2. The molecule has 1 aliphatic rings. The number of benzene rings is 1. The van der Waals surface area contributed by atoms with Crippen molar-refractivity contribution < 1.29 is 9.59 Å². The van der Waals surface area contributed by atoms with E-state index in [4.69, 9.17) is 0 Å². The van der Waals surface area contributed by atoms with E-state index in [-0.39, 0.29) is 17.2 Å². The first-order valence-corrected chi connectivity index (χ1v) is 10.6. The molecule has 0 aliphatic carbocycles. The fraction of sp³-hybridized carbons (Fsp3) is 0.500. The minimum absolute atomic E-state index is 0.0374. The maximum atomic E-state index is 13.1. The molecule has 0 saturated carbocycles. The molecule has 1 aromatic carbocycles. The number of aromatic nitrogens is 1. The molecule has 5 nitrogen and oxygen atoms in total. The zero-order valence-corrected chi connectivity index (χ0v) is 18.2. The second kappa shape index (κ2) is 8.03. The molecular formula is C22H29N3O2S. The minimum Gasteiger partial charge on any atom is -0.337 e. The summed E-state index contributed by atoms with van der Waals surface area (Å²) in [5.41, 5.74) is 2.53. The summed E-state index contributed by atoms with van der Waals surface area (Å²) in [5.74, 6) is 0.0809. The molecule has 2 heterocycles. The first-order chi connectivity index (χ1) is 13.2. The maximum absolute atomic E-state index is 13.1. The first kappa shape index (κ1) is 20.5. The van der Waals surface area contributed by atoms with Crippen LogP contribution in [0.15, 0.2) is 24.3 Å². The number of hydrogen-bond acceptors (Lipinski definition) is 4. The van der Waals surface area contributed by atoms with Crippen LogP contribution in [0.2, 0.25) is 0 Å². The van der Waals surface area contributed by atoms with E-state index in [2.05, 4.69) is 25.8 Å². The van der Waals surface area contributed by atoms with Gasteiger partial charge in [-0.2, -0.15) is 0 Å². The van der Waals surface area contributed by atoms with Crippen molar-refractivity contribution in [3.63, 3.8) is 0 Å². The zero-order chi connectivity index (χ0) is 20.5. The Morgan fingerprint density at radius 2 is 1.64 bits per heavy atom. The second-order valence-electron chi connectivity index (χ2n) is 8.49. The lowest BCUT2D eigenvalue weighted by molar-refractivity contribution is 0.0720. The standard InChI is InChI=1S/C22H29N3O2S/c1-15-8-6-9-17(14-15)19(26)24-10-7-11-25(13-12-24)20(27)18-16(2)23-21(28-18)22(3,4)5/h6,8-9,14H,7,10-13H2,1-5H3. The molecule has 0 spiro atoms. The third-order valence-electron chi connectivity index (χ3n) is 4.97. The Hall–Kier alpha value is -2.21. The Bertz CT molecular complexity index is 882. The highest BCUT2D eigenvalue weighted by atomic mass is 32.1. The Balaban J connectivity index is 1.71. The SMILES string of the molecule is Cc1cccc(C(=O)N2CCCN(C(=O)c3sc(C(C)(C)C)nc3C)CC2)c1. The molecule has 1 aromatic heterocycles. The molecule has 0 unspecified atom stereocenters. The predicted molar refractivity (Wildman–Crippen MR) is 113 cm³/mol. The molecule has 0 atom stereocenters. The van der Waals surface area contributed by atoms with E-state index < -0.39 is 0 Å². The third-order valence-corrected chi connectivity index (χ3v) is 6.54. The predicted octanol–water partition coefficient (Wildman–Crippen LogP) is 4.05. The summed E-state index contributed by atoms with van der Waals surface area (Å²) in [6.45, 7) is 12.7. The van der Waals surface area contributed by atoms with Crippen LogP contribution in [0.4, 0.5) is 0 Å². The average Bonchev–Trinajstić information content (AvgIpc) is 2.88. The molecule has 1 fully saturated rings. The van der Waals surface area contributed by atoms with E-state index in [1.165, 1.54) is 11.3 Å². The van der Waals surface area contributed by atoms with Crippen LogP contribution in [0.25, 0.3) is 0 Å². The summed E-state index contributed by atoms with van der Waals surface area (Å²) < 4.78 is 0. The fourth-order valence-electron chi connectivity index (χ4n) is 3.34. The lowest BCUT2D eigenvalue weighted by Gasteiger charge is -2.22. The van der Waals surface area contributed by atoms with E-state index in [1.807, 2.05) is 47.9 Å². The molecule has 150 valence electrons. The highest BCUT2D eigenvalue weighted by Crippen LogP contribution is 2.30. The number of nitrogens with zero attached hydrogens (tertiary/aromatic N) is 3. The van der Waals surface area contributed by atoms with Crippen molar-refractivity contribution in [1.82, 2.24) is 14.8 Å². The molecule has 2 aromatic rings. The van der Waals surface area contributed by atoms with E-state index >= 15 is 0 Å². The molecule has 2 amide bonds. The molecule has 1 saturated heterocycles. The monoisotopic (exact) mass is 399 g/mol. The second-order valence-corrected chi connectivity index (χ2v) is 9.49. The summed E-state index contributed by atoms with van der Waals surface area (Å²) in [5, 5.41) is 0.986. The van der Waals surface area contributed by atoms with Crippen LogP contribution >= 0.6 is 11.3 Å². The fourth-order valence-corrected chi connectivity index (χ4v) is 4.44. The number of rotatable bonds is 2. The quantitative estimate of drug-likeness (QED) is 0.766. The molecule has 28 heavy (non-hydrogen) atoms. The summed E-state index contributed by atoms with van der Waals surface area (Å²) in [6, 6.07) is 7.68. The van der Waals surface area contributed by atoms with Crippen LogP contribution in [0.5, 0.6) is 0 Å². The van der Waals surface area contributed by atoms with Crippen LogP contribution in [0.1, 0.15) is 63.5 Å². The van der Waals surface area contributed by atoms with Gasteiger partial charge in [0, 0.05) is 37.2 Å². The summed E-state index contributed by atoms with van der Waals surface area (Å²) in [4.78, 5) is 35.0. The molecule has 1 aliphatic heterocycles. The molecule has 6 heteroatoms. The maximum Gasteiger partial charge on any atom is 0.265 e. The molecular weight excluding hydrogens is 370 g/mol. The average molecular weight is 400 g/mol. The smallest absolute Gasteiger partial charge is 0.265 e. The van der Waals surface area contributed by atoms with Crippen LogP contribution in [0.3, 0.4) is 0 Å². The van der Waals surface area contributed by atoms with Gasteiger partial charge in [-0.3, -0.25) is 9.59 Å². The van der Waals surface area contributed by atoms with Crippen molar-refractivity contribution in [3.8, 4) is 0 Å². The van der Waals surface area contributed by atoms with Gasteiger partial charge >= 0.3 is 0 Å². The van der Waals surface area contributed by atoms with Gasteiger partial charge < -0.3 is 9.80 Å². The lowest BCUT2D eigenvalue weighted by Crippen LogP contribution is -2.37. The Morgan fingerprint density at radius 3 is 2.21 bits per heavy atom. The Kier molecular flexibility index (Phi) is 5.89. The zero-order valence-electron chi connectivity index (χ0n) is 17.4. The highest BCUT2D eigenvalue weighted by Gasteiger charge is 2.28. The minimum atomic E-state index is -0.0657. The molecule has 0 bridgehead atoms. The van der Waals surface area contributed by atoms with Crippen molar-refractivity contribution >= 4 is 23.2 Å². The van der Waals surface area contributed by atoms with Gasteiger partial charge in [-0.05, 0) is 32.4 Å². The van der Waals surface area contributed by atoms with Gasteiger partial charge in [-0.1, -0.05) is 38.5 Å². The summed E-state index contributed by atoms with van der Waals surface area (Å²) in [6.07, 6.45) is 0.785. The van der Waals surface area contributed by atoms with Gasteiger partial charge in [-0.15, -0.1) is 11.3 Å². The van der Waals surface area contributed by atoms with Crippen molar-refractivity contribution in [2.24, 2.45) is 0 Å². The van der Waals surface area contributed by atoms with Gasteiger partial charge in [-0.25, -0.2) is 4.98 Å². The Labute approximate surface area is 171 Å². The summed E-state index contributed by atoms with van der Waals surface area (Å²) >= 11 is 1.50. The number of amides is 2. The van der Waals surface area contributed by atoms with Crippen LogP contribution in [-0.4, -0.2) is 52.8 Å². The van der Waals surface area contributed by atoms with Crippen molar-refractivity contribution in [2.45, 2.75) is 46.5 Å². The molecule has 0 N–H and O–H groups in total. The Morgan fingerprint density at radius 1 is 1.00 bits per heavy atom. The van der Waals surface area contributed by atoms with E-state index in [0.717, 1.165) is 27.6 Å². The first-order valence-electron chi connectivity index (χ1n) is 9.80. The van der Waals surface area contributed by atoms with Gasteiger partial charge in [0.25, 0.3) is 11.8 Å². The van der Waals surface area contributed by atoms with E-state index in [9.17, 15) is 9.59 Å². The normalized spacial score (nSPS) is 15.5. The van der Waals surface area contributed by atoms with Crippen LogP contribution in [0, 0.1) is 13.8 Å². The lowest BCUT2D eigenvalue weighted by atomic mass is 9.98.